The zero-order chi connectivity index (χ0) is 20.2. The number of carbonyl (C=O) groups excluding carboxylic acids is 1. The Labute approximate surface area is 178 Å². The van der Waals surface area contributed by atoms with Crippen LogP contribution in [0.3, 0.4) is 0 Å². The van der Waals surface area contributed by atoms with Gasteiger partial charge in [-0.2, -0.15) is 0 Å². The number of nitrogens with one attached hydrogen (secondary N) is 1. The molecule has 146 valence electrons. The van der Waals surface area contributed by atoms with Gasteiger partial charge in [0, 0.05) is 21.3 Å². The van der Waals surface area contributed by atoms with Crippen molar-refractivity contribution in [3.8, 4) is 11.5 Å². The largest absolute Gasteiger partial charge is 0.490 e. The minimum atomic E-state index is -0.111. The van der Waals surface area contributed by atoms with E-state index < -0.39 is 0 Å². The number of rotatable bonds is 6. The molecule has 3 aromatic rings. The van der Waals surface area contributed by atoms with Gasteiger partial charge in [-0.05, 0) is 42.3 Å². The summed E-state index contributed by atoms with van der Waals surface area (Å²) in [6, 6.07) is 21.4. The van der Waals surface area contributed by atoms with Gasteiger partial charge in [0.25, 0.3) is 5.91 Å². The van der Waals surface area contributed by atoms with Gasteiger partial charge in [0.2, 0.25) is 0 Å². The van der Waals surface area contributed by atoms with Crippen LogP contribution in [0.15, 0.2) is 71.2 Å². The highest BCUT2D eigenvalue weighted by molar-refractivity contribution is 9.10. The summed E-state index contributed by atoms with van der Waals surface area (Å²) in [6.45, 7) is 2.90. The molecule has 4 nitrogen and oxygen atoms in total. The second-order valence-electron chi connectivity index (χ2n) is 6.59. The first kappa shape index (κ1) is 19.3. The summed E-state index contributed by atoms with van der Waals surface area (Å²) in [5.74, 6) is 1.19. The highest BCUT2D eigenvalue weighted by Crippen LogP contribution is 2.38. The molecule has 0 radical (unpaired) electrons. The Morgan fingerprint density at radius 3 is 2.48 bits per heavy atom. The fourth-order valence-corrected chi connectivity index (χ4v) is 3.65. The first-order valence-corrected chi connectivity index (χ1v) is 10.2. The van der Waals surface area contributed by atoms with E-state index in [1.54, 1.807) is 0 Å². The Morgan fingerprint density at radius 1 is 0.966 bits per heavy atom. The van der Waals surface area contributed by atoms with Crippen LogP contribution in [-0.2, 0) is 11.4 Å². The molecule has 4 rings (SSSR count). The van der Waals surface area contributed by atoms with Crippen molar-refractivity contribution in [3.63, 3.8) is 0 Å². The van der Waals surface area contributed by atoms with E-state index in [0.29, 0.717) is 30.3 Å². The topological polar surface area (TPSA) is 47.6 Å². The summed E-state index contributed by atoms with van der Waals surface area (Å²) in [7, 11) is 0. The molecule has 1 aliphatic rings. The lowest BCUT2D eigenvalue weighted by molar-refractivity contribution is -0.110. The number of anilines is 1. The normalized spacial score (nSPS) is 13.9. The molecule has 0 saturated carbocycles. The van der Waals surface area contributed by atoms with E-state index in [1.807, 2.05) is 79.7 Å². The van der Waals surface area contributed by atoms with Gasteiger partial charge in [-0.15, -0.1) is 0 Å². The number of hydrogen-bond donors (Lipinski definition) is 1. The lowest BCUT2D eigenvalue weighted by Gasteiger charge is -2.14. The number of hydrogen-bond acceptors (Lipinski definition) is 3. The summed E-state index contributed by atoms with van der Waals surface area (Å²) >= 11 is 3.61. The van der Waals surface area contributed by atoms with Crippen LogP contribution in [0.2, 0.25) is 0 Å². The molecule has 0 spiro atoms. The van der Waals surface area contributed by atoms with Crippen molar-refractivity contribution in [3.05, 3.63) is 87.9 Å². The highest BCUT2D eigenvalue weighted by atomic mass is 79.9. The maximum Gasteiger partial charge on any atom is 0.256 e. The van der Waals surface area contributed by atoms with Gasteiger partial charge in [-0.1, -0.05) is 64.5 Å². The second kappa shape index (κ2) is 8.53. The number of amides is 1. The number of benzene rings is 3. The summed E-state index contributed by atoms with van der Waals surface area (Å²) in [5.41, 5.74) is 4.28. The Bertz CT molecular complexity index is 1080. The fourth-order valence-electron chi connectivity index (χ4n) is 3.22. The third kappa shape index (κ3) is 4.20. The lowest BCUT2D eigenvalue weighted by Crippen LogP contribution is -2.04. The van der Waals surface area contributed by atoms with Gasteiger partial charge in [-0.25, -0.2) is 0 Å². The molecule has 5 heteroatoms. The van der Waals surface area contributed by atoms with Crippen LogP contribution in [0, 0.1) is 0 Å². The molecule has 0 fully saturated rings. The van der Waals surface area contributed by atoms with Crippen molar-refractivity contribution in [2.24, 2.45) is 0 Å². The van der Waals surface area contributed by atoms with Crippen LogP contribution in [0.1, 0.15) is 23.6 Å². The molecule has 1 aliphatic heterocycles. The molecule has 3 aromatic carbocycles. The second-order valence-corrected chi connectivity index (χ2v) is 7.44. The maximum atomic E-state index is 12.4. The summed E-state index contributed by atoms with van der Waals surface area (Å²) in [5, 5.41) is 2.90. The van der Waals surface area contributed by atoms with Crippen LogP contribution in [0.4, 0.5) is 5.69 Å². The molecule has 0 atom stereocenters. The molecule has 0 aliphatic carbocycles. The maximum absolute atomic E-state index is 12.4. The van der Waals surface area contributed by atoms with Crippen molar-refractivity contribution in [1.82, 2.24) is 0 Å². The number of fused-ring (bicyclic) bond motifs is 1. The van der Waals surface area contributed by atoms with E-state index in [4.69, 9.17) is 9.47 Å². The zero-order valence-electron chi connectivity index (χ0n) is 15.9. The fraction of sp³-hybridized carbons (Fsp3) is 0.125. The zero-order valence-corrected chi connectivity index (χ0v) is 17.5. The Morgan fingerprint density at radius 2 is 1.69 bits per heavy atom. The van der Waals surface area contributed by atoms with E-state index in [0.717, 1.165) is 26.9 Å². The van der Waals surface area contributed by atoms with Crippen LogP contribution in [0.25, 0.3) is 11.6 Å². The Balaban J connectivity index is 1.67. The first-order valence-electron chi connectivity index (χ1n) is 9.41. The molecule has 29 heavy (non-hydrogen) atoms. The molecular weight excluding hydrogens is 430 g/mol. The van der Waals surface area contributed by atoms with E-state index in [9.17, 15) is 4.79 Å². The third-order valence-electron chi connectivity index (χ3n) is 4.61. The Kier molecular flexibility index (Phi) is 5.67. The summed E-state index contributed by atoms with van der Waals surface area (Å²) in [4.78, 5) is 12.4. The van der Waals surface area contributed by atoms with E-state index in [1.165, 1.54) is 0 Å². The third-order valence-corrected chi connectivity index (χ3v) is 5.30. The van der Waals surface area contributed by atoms with Gasteiger partial charge < -0.3 is 14.8 Å². The van der Waals surface area contributed by atoms with Gasteiger partial charge in [0.1, 0.15) is 6.61 Å². The smallest absolute Gasteiger partial charge is 0.256 e. The van der Waals surface area contributed by atoms with E-state index in [-0.39, 0.29) is 5.91 Å². The molecule has 1 N–H and O–H groups in total. The van der Waals surface area contributed by atoms with Crippen molar-refractivity contribution in [1.29, 1.82) is 0 Å². The quantitative estimate of drug-likeness (QED) is 0.475. The van der Waals surface area contributed by atoms with E-state index in [2.05, 4.69) is 21.2 Å². The van der Waals surface area contributed by atoms with Crippen molar-refractivity contribution in [2.45, 2.75) is 13.5 Å². The van der Waals surface area contributed by atoms with Crippen molar-refractivity contribution >= 4 is 39.2 Å². The van der Waals surface area contributed by atoms with Crippen LogP contribution < -0.4 is 14.8 Å². The Hall–Kier alpha value is -3.05. The van der Waals surface area contributed by atoms with Crippen molar-refractivity contribution in [2.75, 3.05) is 11.9 Å². The summed E-state index contributed by atoms with van der Waals surface area (Å²) < 4.78 is 12.6. The predicted molar refractivity (Wildman–Crippen MR) is 119 cm³/mol. The van der Waals surface area contributed by atoms with Gasteiger partial charge in [0.15, 0.2) is 11.5 Å². The molecule has 0 saturated heterocycles. The molecular formula is C24H20BrNO3. The molecule has 0 aromatic heterocycles. The number of halogens is 1. The van der Waals surface area contributed by atoms with Crippen molar-refractivity contribution < 1.29 is 14.3 Å². The summed E-state index contributed by atoms with van der Waals surface area (Å²) in [6.07, 6.45) is 1.87. The highest BCUT2D eigenvalue weighted by Gasteiger charge is 2.24. The molecule has 0 unspecified atom stereocenters. The molecule has 1 heterocycles. The minimum absolute atomic E-state index is 0.111. The molecule has 0 bridgehead atoms. The van der Waals surface area contributed by atoms with Gasteiger partial charge >= 0.3 is 0 Å². The average molecular weight is 450 g/mol. The lowest BCUT2D eigenvalue weighted by atomic mass is 10.0. The first-order chi connectivity index (χ1) is 14.2. The van der Waals surface area contributed by atoms with Crippen LogP contribution in [-0.4, -0.2) is 12.5 Å². The van der Waals surface area contributed by atoms with Crippen LogP contribution in [0.5, 0.6) is 11.5 Å². The standard InChI is InChI=1S/C24H20BrNO3/c1-2-28-22-13-17(12-19-18-10-6-7-11-21(18)26-24(19)27)20(25)14-23(22)29-15-16-8-4-3-5-9-16/h3-14H,2,15H2,1H3,(H,26,27)/b19-12-. The average Bonchev–Trinajstić information content (AvgIpc) is 3.05. The van der Waals surface area contributed by atoms with E-state index >= 15 is 0 Å². The molecule has 1 amide bonds. The van der Waals surface area contributed by atoms with Gasteiger partial charge in [0.05, 0.1) is 6.61 Å². The monoisotopic (exact) mass is 449 g/mol. The minimum Gasteiger partial charge on any atom is -0.490 e. The number of carbonyl (C=O) groups is 1. The number of para-hydroxylation sites is 1. The predicted octanol–water partition coefficient (Wildman–Crippen LogP) is 5.92. The number of ether oxygens (including phenoxy) is 2. The van der Waals surface area contributed by atoms with Crippen LogP contribution >= 0.6 is 15.9 Å². The SMILES string of the molecule is CCOc1cc(/C=C2\C(=O)Nc3ccccc32)c(Br)cc1OCc1ccccc1. The van der Waals surface area contributed by atoms with Gasteiger partial charge in [-0.3, -0.25) is 4.79 Å².